The van der Waals surface area contributed by atoms with Crippen molar-refractivity contribution in [3.8, 4) is 0 Å². The first-order valence-corrected chi connectivity index (χ1v) is 7.13. The van der Waals surface area contributed by atoms with Crippen molar-refractivity contribution in [1.82, 2.24) is 0 Å². The average Bonchev–Trinajstić information content (AvgIpc) is 2.63. The normalized spacial score (nSPS) is 17.0. The maximum atomic E-state index is 9.06. The molecule has 0 amide bonds. The van der Waals surface area contributed by atoms with E-state index in [2.05, 4.69) is 34.6 Å². The maximum Gasteiger partial charge on any atom is 0.0434 e. The number of aliphatic hydroxyl groups excluding tert-OH is 1. The Kier molecular flexibility index (Phi) is 3.55. The van der Waals surface area contributed by atoms with Crippen LogP contribution in [0.3, 0.4) is 0 Å². The maximum absolute atomic E-state index is 9.06. The van der Waals surface area contributed by atoms with Crippen LogP contribution < -0.4 is 0 Å². The Balaban J connectivity index is 2.59. The van der Waals surface area contributed by atoms with Crippen molar-refractivity contribution < 1.29 is 5.11 Å². The second-order valence-corrected chi connectivity index (χ2v) is 6.42. The minimum atomic E-state index is 0.292. The van der Waals surface area contributed by atoms with Crippen molar-refractivity contribution >= 4 is 0 Å². The zero-order valence-corrected chi connectivity index (χ0v) is 12.5. The van der Waals surface area contributed by atoms with Gasteiger partial charge in [-0.2, -0.15) is 0 Å². The molecule has 0 heterocycles. The Morgan fingerprint density at radius 1 is 1.06 bits per heavy atom. The molecule has 0 saturated heterocycles. The molecular formula is C17H26O. The van der Waals surface area contributed by atoms with Gasteiger partial charge in [0.2, 0.25) is 0 Å². The Hall–Kier alpha value is -0.820. The molecule has 18 heavy (non-hydrogen) atoms. The minimum Gasteiger partial charge on any atom is -0.396 e. The fourth-order valence-corrected chi connectivity index (χ4v) is 3.71. The lowest BCUT2D eigenvalue weighted by Crippen LogP contribution is -2.15. The third kappa shape index (κ3) is 1.99. The summed E-state index contributed by atoms with van der Waals surface area (Å²) in [5, 5.41) is 9.06. The average molecular weight is 246 g/mol. The van der Waals surface area contributed by atoms with Crippen LogP contribution in [0.15, 0.2) is 0 Å². The molecule has 1 aromatic rings. The monoisotopic (exact) mass is 246 g/mol. The highest BCUT2D eigenvalue weighted by molar-refractivity contribution is 5.55. The van der Waals surface area contributed by atoms with E-state index >= 15 is 0 Å². The highest BCUT2D eigenvalue weighted by Crippen LogP contribution is 2.44. The van der Waals surface area contributed by atoms with Gasteiger partial charge in [-0.25, -0.2) is 0 Å². The van der Waals surface area contributed by atoms with Crippen LogP contribution in [0, 0.1) is 20.8 Å². The number of benzene rings is 1. The summed E-state index contributed by atoms with van der Waals surface area (Å²) >= 11 is 0. The van der Waals surface area contributed by atoms with Gasteiger partial charge in [-0.1, -0.05) is 13.8 Å². The fourth-order valence-electron chi connectivity index (χ4n) is 3.71. The minimum absolute atomic E-state index is 0.292. The van der Waals surface area contributed by atoms with Crippen LogP contribution in [-0.4, -0.2) is 11.7 Å². The van der Waals surface area contributed by atoms with Crippen LogP contribution in [0.4, 0.5) is 0 Å². The summed E-state index contributed by atoms with van der Waals surface area (Å²) in [7, 11) is 0. The van der Waals surface area contributed by atoms with E-state index in [1.165, 1.54) is 35.1 Å². The summed E-state index contributed by atoms with van der Waals surface area (Å²) in [5.74, 6) is 0. The van der Waals surface area contributed by atoms with Gasteiger partial charge in [-0.05, 0) is 85.3 Å². The summed E-state index contributed by atoms with van der Waals surface area (Å²) in [6.07, 6.45) is 4.39. The predicted molar refractivity (Wildman–Crippen MR) is 77.4 cm³/mol. The summed E-state index contributed by atoms with van der Waals surface area (Å²) in [5.41, 5.74) is 9.46. The smallest absolute Gasteiger partial charge is 0.0434 e. The SMILES string of the molecule is Cc1c(C)c2c(c(C)c1CCCO)CCC2(C)C. The Labute approximate surface area is 111 Å². The van der Waals surface area contributed by atoms with E-state index < -0.39 is 0 Å². The van der Waals surface area contributed by atoms with Gasteiger partial charge in [-0.3, -0.25) is 0 Å². The van der Waals surface area contributed by atoms with Crippen molar-refractivity contribution in [1.29, 1.82) is 0 Å². The van der Waals surface area contributed by atoms with Gasteiger partial charge in [0.15, 0.2) is 0 Å². The molecule has 0 aromatic heterocycles. The van der Waals surface area contributed by atoms with E-state index in [0.717, 1.165) is 12.8 Å². The lowest BCUT2D eigenvalue weighted by atomic mass is 9.79. The predicted octanol–water partition coefficient (Wildman–Crippen LogP) is 3.76. The molecule has 1 aromatic carbocycles. The summed E-state index contributed by atoms with van der Waals surface area (Å²) in [6.45, 7) is 11.9. The highest BCUT2D eigenvalue weighted by atomic mass is 16.2. The first-order chi connectivity index (χ1) is 8.40. The topological polar surface area (TPSA) is 20.2 Å². The number of hydrogen-bond donors (Lipinski definition) is 1. The number of fused-ring (bicyclic) bond motifs is 1. The molecular weight excluding hydrogens is 220 g/mol. The van der Waals surface area contributed by atoms with Crippen LogP contribution in [0.1, 0.15) is 60.1 Å². The van der Waals surface area contributed by atoms with Crippen LogP contribution in [0.25, 0.3) is 0 Å². The van der Waals surface area contributed by atoms with Crippen LogP contribution in [-0.2, 0) is 18.3 Å². The lowest BCUT2D eigenvalue weighted by molar-refractivity contribution is 0.288. The van der Waals surface area contributed by atoms with Crippen molar-refractivity contribution in [2.45, 2.75) is 65.7 Å². The van der Waals surface area contributed by atoms with E-state index in [-0.39, 0.29) is 0 Å². The summed E-state index contributed by atoms with van der Waals surface area (Å²) in [4.78, 5) is 0. The molecule has 1 aliphatic rings. The molecule has 0 unspecified atom stereocenters. The van der Waals surface area contributed by atoms with Gasteiger partial charge < -0.3 is 5.11 Å². The standard InChI is InChI=1S/C17H26O/c1-11-12(2)16-15(8-9-17(16,4)5)13(3)14(11)7-6-10-18/h18H,6-10H2,1-5H3. The number of hydrogen-bond acceptors (Lipinski definition) is 1. The quantitative estimate of drug-likeness (QED) is 0.861. The summed E-state index contributed by atoms with van der Waals surface area (Å²) < 4.78 is 0. The zero-order valence-electron chi connectivity index (χ0n) is 12.5. The molecule has 0 aliphatic heterocycles. The Morgan fingerprint density at radius 2 is 1.72 bits per heavy atom. The van der Waals surface area contributed by atoms with Crippen molar-refractivity contribution in [3.05, 3.63) is 33.4 Å². The van der Waals surface area contributed by atoms with Crippen LogP contribution in [0.2, 0.25) is 0 Å². The molecule has 0 radical (unpaired) electrons. The molecule has 2 rings (SSSR count). The summed E-state index contributed by atoms with van der Waals surface area (Å²) in [6, 6.07) is 0. The molecule has 1 nitrogen and oxygen atoms in total. The van der Waals surface area contributed by atoms with Gasteiger partial charge >= 0.3 is 0 Å². The zero-order chi connectivity index (χ0) is 13.5. The first kappa shape index (κ1) is 13.6. The molecule has 0 saturated carbocycles. The van der Waals surface area contributed by atoms with Crippen molar-refractivity contribution in [2.24, 2.45) is 0 Å². The largest absolute Gasteiger partial charge is 0.396 e. The Bertz CT molecular complexity index is 469. The van der Waals surface area contributed by atoms with Crippen LogP contribution in [0.5, 0.6) is 0 Å². The second-order valence-electron chi connectivity index (χ2n) is 6.42. The van der Waals surface area contributed by atoms with E-state index in [1.807, 2.05) is 0 Å². The molecule has 1 N–H and O–H groups in total. The van der Waals surface area contributed by atoms with Crippen LogP contribution >= 0.6 is 0 Å². The molecule has 0 bridgehead atoms. The van der Waals surface area contributed by atoms with Gasteiger partial charge in [0.1, 0.15) is 0 Å². The van der Waals surface area contributed by atoms with E-state index in [0.29, 0.717) is 12.0 Å². The molecule has 0 atom stereocenters. The first-order valence-electron chi connectivity index (χ1n) is 7.13. The lowest BCUT2D eigenvalue weighted by Gasteiger charge is -2.25. The van der Waals surface area contributed by atoms with Gasteiger partial charge in [0.05, 0.1) is 0 Å². The third-order valence-corrected chi connectivity index (χ3v) is 4.86. The molecule has 0 spiro atoms. The third-order valence-electron chi connectivity index (χ3n) is 4.86. The second kappa shape index (κ2) is 4.70. The highest BCUT2D eigenvalue weighted by Gasteiger charge is 2.33. The van der Waals surface area contributed by atoms with Gasteiger partial charge in [-0.15, -0.1) is 0 Å². The molecule has 0 fully saturated rings. The number of rotatable bonds is 3. The van der Waals surface area contributed by atoms with Gasteiger partial charge in [0, 0.05) is 6.61 Å². The Morgan fingerprint density at radius 3 is 2.33 bits per heavy atom. The van der Waals surface area contributed by atoms with E-state index in [4.69, 9.17) is 5.11 Å². The van der Waals surface area contributed by atoms with E-state index in [9.17, 15) is 0 Å². The number of aliphatic hydroxyl groups is 1. The van der Waals surface area contributed by atoms with Gasteiger partial charge in [0.25, 0.3) is 0 Å². The van der Waals surface area contributed by atoms with Crippen molar-refractivity contribution in [2.75, 3.05) is 6.61 Å². The molecule has 1 aliphatic carbocycles. The van der Waals surface area contributed by atoms with E-state index in [1.54, 1.807) is 11.1 Å². The fraction of sp³-hybridized carbons (Fsp3) is 0.647. The molecule has 100 valence electrons. The van der Waals surface area contributed by atoms with Crippen molar-refractivity contribution in [3.63, 3.8) is 0 Å². The molecule has 1 heteroatoms.